The maximum absolute atomic E-state index is 12.3. The van der Waals surface area contributed by atoms with Crippen LogP contribution in [-0.2, 0) is 30.2 Å². The molecule has 0 unspecified atom stereocenters. The molecule has 1 rings (SSSR count). The molecule has 0 fully saturated rings. The van der Waals surface area contributed by atoms with E-state index in [0.717, 1.165) is 0 Å². The highest BCUT2D eigenvalue weighted by Crippen LogP contribution is 2.31. The van der Waals surface area contributed by atoms with E-state index < -0.39 is 48.7 Å². The first-order valence-electron chi connectivity index (χ1n) is 11.6. The molecule has 36 heavy (non-hydrogen) atoms. The molecular weight excluding hydrogens is 478 g/mol. The molecule has 0 saturated carbocycles. The summed E-state index contributed by atoms with van der Waals surface area (Å²) >= 11 is 0. The zero-order valence-electron chi connectivity index (χ0n) is 21.5. The van der Waals surface area contributed by atoms with Crippen LogP contribution in [-0.4, -0.2) is 60.6 Å². The van der Waals surface area contributed by atoms with Crippen LogP contribution in [0.2, 0.25) is 0 Å². The molecule has 0 aliphatic heterocycles. The van der Waals surface area contributed by atoms with Gasteiger partial charge in [-0.15, -0.1) is 0 Å². The molecule has 0 amide bonds. The van der Waals surface area contributed by atoms with Gasteiger partial charge in [0, 0.05) is 12.5 Å². The zero-order valence-corrected chi connectivity index (χ0v) is 21.5. The van der Waals surface area contributed by atoms with Crippen molar-refractivity contribution in [2.45, 2.75) is 78.7 Å². The van der Waals surface area contributed by atoms with Crippen LogP contribution in [0.4, 0.5) is 14.4 Å². The Morgan fingerprint density at radius 3 is 1.92 bits per heavy atom. The van der Waals surface area contributed by atoms with Crippen LogP contribution in [0.1, 0.15) is 59.9 Å². The number of benzene rings is 1. The Hall–Kier alpha value is -3.54. The number of carboxylic acids is 1. The van der Waals surface area contributed by atoms with E-state index in [-0.39, 0.29) is 30.3 Å². The highest BCUT2D eigenvalue weighted by molar-refractivity contribution is 5.80. The van der Waals surface area contributed by atoms with Gasteiger partial charge in [0.05, 0.1) is 19.3 Å². The summed E-state index contributed by atoms with van der Waals surface area (Å²) in [6.45, 7) is 10.3. The number of hydrogen-bond acceptors (Lipinski definition) is 11. The first-order chi connectivity index (χ1) is 16.9. The molecule has 0 aliphatic rings. The van der Waals surface area contributed by atoms with Gasteiger partial charge >= 0.3 is 24.4 Å². The predicted molar refractivity (Wildman–Crippen MR) is 126 cm³/mol. The predicted octanol–water partition coefficient (Wildman–Crippen LogP) is 4.42. The molecule has 1 atom stereocenters. The minimum atomic E-state index is -2.22. The Kier molecular flexibility index (Phi) is 12.5. The van der Waals surface area contributed by atoms with E-state index in [4.69, 9.17) is 28.4 Å². The largest absolute Gasteiger partial charge is 0.513 e. The normalized spacial score (nSPS) is 12.4. The number of ether oxygens (including phenoxy) is 6. The number of hydrogen-bond donors (Lipinski definition) is 2. The third-order valence-corrected chi connectivity index (χ3v) is 4.15. The van der Waals surface area contributed by atoms with Crippen molar-refractivity contribution in [2.75, 3.05) is 13.2 Å². The first kappa shape index (κ1) is 30.5. The summed E-state index contributed by atoms with van der Waals surface area (Å²) in [5.41, 5.74) is -1.96. The van der Waals surface area contributed by atoms with Gasteiger partial charge in [0.1, 0.15) is 0 Å². The second-order valence-corrected chi connectivity index (χ2v) is 8.31. The monoisotopic (exact) mass is 513 g/mol. The van der Waals surface area contributed by atoms with Gasteiger partial charge in [0.15, 0.2) is 11.5 Å². The topological polar surface area (TPSA) is 156 Å². The van der Waals surface area contributed by atoms with Crippen molar-refractivity contribution in [1.82, 2.24) is 5.32 Å². The number of carbonyl (C=O) groups is 4. The maximum Gasteiger partial charge on any atom is 0.513 e. The summed E-state index contributed by atoms with van der Waals surface area (Å²) in [6.07, 6.45) is -3.07. The maximum atomic E-state index is 12.3. The molecule has 0 bridgehead atoms. The number of aliphatic carboxylic acids is 1. The van der Waals surface area contributed by atoms with Crippen LogP contribution < -0.4 is 14.8 Å². The molecule has 12 nitrogen and oxygen atoms in total. The van der Waals surface area contributed by atoms with Crippen molar-refractivity contribution in [2.24, 2.45) is 0 Å². The van der Waals surface area contributed by atoms with Crippen molar-refractivity contribution in [3.05, 3.63) is 23.8 Å². The van der Waals surface area contributed by atoms with Crippen LogP contribution in [0.3, 0.4) is 0 Å². The minimum Gasteiger partial charge on any atom is -0.477 e. The molecule has 0 spiro atoms. The Labute approximate surface area is 210 Å². The highest BCUT2D eigenvalue weighted by atomic mass is 16.8. The van der Waals surface area contributed by atoms with Crippen LogP contribution in [0.5, 0.6) is 11.5 Å². The molecule has 1 aromatic rings. The van der Waals surface area contributed by atoms with Gasteiger partial charge in [-0.1, -0.05) is 19.9 Å². The van der Waals surface area contributed by atoms with Gasteiger partial charge < -0.3 is 33.5 Å². The van der Waals surface area contributed by atoms with E-state index in [1.165, 1.54) is 18.2 Å². The molecule has 202 valence electrons. The summed E-state index contributed by atoms with van der Waals surface area (Å²) in [6, 6.07) is 3.57. The lowest BCUT2D eigenvalue weighted by Gasteiger charge is -2.32. The van der Waals surface area contributed by atoms with Crippen molar-refractivity contribution in [1.29, 1.82) is 0 Å². The molecule has 0 aromatic heterocycles. The average Bonchev–Trinajstić information content (AvgIpc) is 2.76. The molecule has 0 saturated heterocycles. The van der Waals surface area contributed by atoms with Crippen molar-refractivity contribution in [3.8, 4) is 11.5 Å². The fraction of sp³-hybridized carbons (Fsp3) is 0.583. The smallest absolute Gasteiger partial charge is 0.477 e. The molecule has 0 aliphatic carbocycles. The molecule has 2 N–H and O–H groups in total. The van der Waals surface area contributed by atoms with Crippen LogP contribution in [0.15, 0.2) is 18.2 Å². The van der Waals surface area contributed by atoms with Crippen molar-refractivity contribution in [3.63, 3.8) is 0 Å². The van der Waals surface area contributed by atoms with Crippen LogP contribution in [0.25, 0.3) is 0 Å². The van der Waals surface area contributed by atoms with Gasteiger partial charge in [0.25, 0.3) is 5.72 Å². The van der Waals surface area contributed by atoms with E-state index >= 15 is 0 Å². The lowest BCUT2D eigenvalue weighted by molar-refractivity contribution is -0.167. The number of carbonyl (C=O) groups excluding carboxylic acids is 3. The summed E-state index contributed by atoms with van der Waals surface area (Å²) in [4.78, 5) is 48.5. The van der Waals surface area contributed by atoms with E-state index in [2.05, 4.69) is 5.32 Å². The fourth-order valence-corrected chi connectivity index (χ4v) is 2.85. The second-order valence-electron chi connectivity index (χ2n) is 8.31. The third-order valence-electron chi connectivity index (χ3n) is 4.15. The van der Waals surface area contributed by atoms with E-state index in [1.54, 1.807) is 41.5 Å². The van der Waals surface area contributed by atoms with Gasteiger partial charge in [-0.2, -0.15) is 0 Å². The Bertz CT molecular complexity index is 900. The molecule has 12 heteroatoms. The number of rotatable bonds is 13. The van der Waals surface area contributed by atoms with Crippen LogP contribution >= 0.6 is 0 Å². The summed E-state index contributed by atoms with van der Waals surface area (Å²) < 4.78 is 30.3. The van der Waals surface area contributed by atoms with Gasteiger partial charge in [0.2, 0.25) is 0 Å². The van der Waals surface area contributed by atoms with Crippen molar-refractivity contribution < 1.29 is 52.7 Å². The van der Waals surface area contributed by atoms with Crippen LogP contribution in [0, 0.1) is 0 Å². The quantitative estimate of drug-likeness (QED) is 0.166. The third kappa shape index (κ3) is 10.4. The Morgan fingerprint density at radius 2 is 1.44 bits per heavy atom. The first-order valence-corrected chi connectivity index (χ1v) is 11.6. The molecule has 1 aromatic carbocycles. The number of carboxylic acid groups (broad SMARTS) is 1. The van der Waals surface area contributed by atoms with E-state index in [9.17, 15) is 24.3 Å². The van der Waals surface area contributed by atoms with Gasteiger partial charge in [-0.3, -0.25) is 5.32 Å². The molecule has 0 heterocycles. The minimum absolute atomic E-state index is 0.0967. The molecule has 0 radical (unpaired) electrons. The number of nitrogens with one attached hydrogen (secondary N) is 1. The lowest BCUT2D eigenvalue weighted by atomic mass is 10.0. The zero-order chi connectivity index (χ0) is 27.3. The Balaban J connectivity index is 3.36. The highest BCUT2D eigenvalue weighted by Gasteiger charge is 2.44. The van der Waals surface area contributed by atoms with Gasteiger partial charge in [-0.05, 0) is 58.2 Å². The summed E-state index contributed by atoms with van der Waals surface area (Å²) in [5, 5.41) is 12.7. The molecular formula is C24H35NO11. The average molecular weight is 514 g/mol. The Morgan fingerprint density at radius 1 is 0.889 bits per heavy atom. The SMILES string of the molecule is CCCOC(=O)Oc1ccc(C[C@](NC(C)C)(OC(=O)OC(C)C)C(=O)O)cc1OC(=O)OCCC. The second kappa shape index (κ2) is 14.8. The summed E-state index contributed by atoms with van der Waals surface area (Å²) in [7, 11) is 0. The van der Waals surface area contributed by atoms with E-state index in [1.807, 2.05) is 0 Å². The summed E-state index contributed by atoms with van der Waals surface area (Å²) in [5.74, 6) is -1.87. The standard InChI is InChI=1S/C24H35NO11/c1-7-11-31-21(28)34-18-10-9-17(13-19(18)35-22(29)32-12-8-2)14-24(20(26)27,25-15(3)4)36-23(30)33-16(5)6/h9-10,13,15-16,25H,7-8,11-12,14H2,1-6H3,(H,26,27)/t24-/m0/s1. The van der Waals surface area contributed by atoms with Gasteiger partial charge in [-0.25, -0.2) is 19.2 Å². The lowest BCUT2D eigenvalue weighted by Crippen LogP contribution is -2.59. The fourth-order valence-electron chi connectivity index (χ4n) is 2.85. The van der Waals surface area contributed by atoms with E-state index in [0.29, 0.717) is 12.8 Å². The van der Waals surface area contributed by atoms with Crippen molar-refractivity contribution >= 4 is 24.4 Å².